The number of amides is 2. The second kappa shape index (κ2) is 12.6. The van der Waals surface area contributed by atoms with Gasteiger partial charge in [-0.1, -0.05) is 0 Å². The predicted molar refractivity (Wildman–Crippen MR) is 152 cm³/mol. The minimum atomic E-state index is -1.46. The van der Waals surface area contributed by atoms with E-state index in [0.717, 1.165) is 0 Å². The van der Waals surface area contributed by atoms with Crippen molar-refractivity contribution in [2.24, 2.45) is 0 Å². The zero-order valence-corrected chi connectivity index (χ0v) is 23.3. The van der Waals surface area contributed by atoms with Gasteiger partial charge in [-0.15, -0.1) is 0 Å². The van der Waals surface area contributed by atoms with Gasteiger partial charge in [-0.3, -0.25) is 14.2 Å². The van der Waals surface area contributed by atoms with Gasteiger partial charge in [0.15, 0.2) is 35.9 Å². The van der Waals surface area contributed by atoms with Crippen molar-refractivity contribution in [2.75, 3.05) is 30.9 Å². The van der Waals surface area contributed by atoms with Gasteiger partial charge in [-0.25, -0.2) is 4.98 Å². The molecule has 0 saturated carbocycles. The Morgan fingerprint density at radius 1 is 1.02 bits per heavy atom. The smallest absolute Gasteiger partial charge is 0.262 e. The van der Waals surface area contributed by atoms with Crippen molar-refractivity contribution in [3.05, 3.63) is 60.1 Å². The van der Waals surface area contributed by atoms with Crippen molar-refractivity contribution in [1.29, 1.82) is 0 Å². The topological polar surface area (TPSA) is 182 Å². The summed E-state index contributed by atoms with van der Waals surface area (Å²) < 4.78 is 17.8. The summed E-state index contributed by atoms with van der Waals surface area (Å²) in [6.45, 7) is 1.88. The van der Waals surface area contributed by atoms with Gasteiger partial charge >= 0.3 is 0 Å². The molecule has 2 amide bonds. The van der Waals surface area contributed by atoms with Gasteiger partial charge in [0.1, 0.15) is 23.7 Å². The van der Waals surface area contributed by atoms with Crippen molar-refractivity contribution in [3.63, 3.8) is 0 Å². The molecule has 5 N–H and O–H groups in total. The molecular weight excluding hydrogens is 570 g/mol. The number of aliphatic hydroxyl groups excluding tert-OH is 2. The lowest BCUT2D eigenvalue weighted by atomic mass is 10.1. The third-order valence-corrected chi connectivity index (χ3v) is 6.55. The molecule has 2 aromatic heterocycles. The molecule has 1 saturated heterocycles. The highest BCUT2D eigenvalue weighted by molar-refractivity contribution is 6.28. The zero-order valence-electron chi connectivity index (χ0n) is 22.5. The summed E-state index contributed by atoms with van der Waals surface area (Å²) in [5.74, 6) is 0.551. The number of ether oxygens (including phenoxy) is 3. The number of imidazole rings is 1. The Hall–Kier alpha value is -4.50. The minimum absolute atomic E-state index is 0.108. The summed E-state index contributed by atoms with van der Waals surface area (Å²) >= 11 is 6.20. The van der Waals surface area contributed by atoms with E-state index in [9.17, 15) is 19.8 Å². The van der Waals surface area contributed by atoms with Crippen LogP contribution in [0.4, 0.5) is 17.2 Å². The standard InChI is InChI=1S/C27H28ClN7O7/c1-3-29-25(39)22-20(37)21(38)26(42-22)35-13-30-19-23(33-27(28)34-24(19)35)32-15-6-10-17(11-7-15)41-12-18(36)31-14-4-8-16(40-2)9-5-14/h4-11,13,20-22,26,37-38H,3,12H2,1-2H3,(H,29,39)(H,31,36)(H,32,33,34)/t20-,21+,22-,26+/m0/s1. The van der Waals surface area contributed by atoms with E-state index in [2.05, 4.69) is 30.9 Å². The van der Waals surface area contributed by atoms with Crippen LogP contribution in [-0.4, -0.2) is 80.1 Å². The molecule has 14 nitrogen and oxygen atoms in total. The number of hydrogen-bond acceptors (Lipinski definition) is 11. The highest BCUT2D eigenvalue weighted by atomic mass is 35.5. The SMILES string of the molecule is CCNC(=O)[C@H]1O[C@@H](n2cnc3c(Nc4ccc(OCC(=O)Nc5ccc(OC)cc5)cc4)nc(Cl)nc32)[C@H](O)[C@@H]1O. The number of fused-ring (bicyclic) bond motifs is 1. The van der Waals surface area contributed by atoms with Crippen LogP contribution in [-0.2, 0) is 14.3 Å². The Kier molecular flexibility index (Phi) is 8.68. The van der Waals surface area contributed by atoms with Crippen molar-refractivity contribution >= 4 is 51.8 Å². The first kappa shape index (κ1) is 29.0. The summed E-state index contributed by atoms with van der Waals surface area (Å²) in [7, 11) is 1.57. The van der Waals surface area contributed by atoms with Crippen molar-refractivity contribution < 1.29 is 34.0 Å². The lowest BCUT2D eigenvalue weighted by Crippen LogP contribution is -2.42. The van der Waals surface area contributed by atoms with Crippen LogP contribution >= 0.6 is 11.6 Å². The van der Waals surface area contributed by atoms with Crippen LogP contribution in [0.15, 0.2) is 54.9 Å². The van der Waals surface area contributed by atoms with E-state index in [1.54, 1.807) is 62.6 Å². The normalized spacial score (nSPS) is 19.8. The Morgan fingerprint density at radius 3 is 2.40 bits per heavy atom. The molecule has 5 rings (SSSR count). The number of carbonyl (C=O) groups excluding carboxylic acids is 2. The van der Waals surface area contributed by atoms with Gasteiger partial charge < -0.3 is 40.4 Å². The summed E-state index contributed by atoms with van der Waals surface area (Å²) in [5, 5.41) is 29.3. The van der Waals surface area contributed by atoms with E-state index < -0.39 is 30.4 Å². The zero-order chi connectivity index (χ0) is 29.8. The van der Waals surface area contributed by atoms with Crippen molar-refractivity contribution in [1.82, 2.24) is 24.8 Å². The fraction of sp³-hybridized carbons (Fsp3) is 0.296. The van der Waals surface area contributed by atoms with E-state index in [-0.39, 0.29) is 29.3 Å². The molecule has 42 heavy (non-hydrogen) atoms. The summed E-state index contributed by atoms with van der Waals surface area (Å²) in [5.41, 5.74) is 1.75. The largest absolute Gasteiger partial charge is 0.497 e. The second-order valence-electron chi connectivity index (χ2n) is 9.20. The van der Waals surface area contributed by atoms with Crippen LogP contribution in [0.25, 0.3) is 11.2 Å². The van der Waals surface area contributed by atoms with E-state index in [1.807, 2.05) is 0 Å². The second-order valence-corrected chi connectivity index (χ2v) is 9.54. The molecule has 15 heteroatoms. The molecule has 1 fully saturated rings. The molecule has 220 valence electrons. The van der Waals surface area contributed by atoms with Crippen LogP contribution in [0.1, 0.15) is 13.2 Å². The molecule has 3 heterocycles. The highest BCUT2D eigenvalue weighted by Gasteiger charge is 2.47. The Morgan fingerprint density at radius 2 is 1.71 bits per heavy atom. The van der Waals surface area contributed by atoms with E-state index in [0.29, 0.717) is 34.9 Å². The maximum Gasteiger partial charge on any atom is 0.262 e. The predicted octanol–water partition coefficient (Wildman–Crippen LogP) is 2.00. The number of carbonyl (C=O) groups is 2. The number of likely N-dealkylation sites (N-methyl/N-ethyl adjacent to an activating group) is 1. The van der Waals surface area contributed by atoms with Crippen LogP contribution in [0.2, 0.25) is 5.28 Å². The quantitative estimate of drug-likeness (QED) is 0.169. The first-order valence-corrected chi connectivity index (χ1v) is 13.3. The average Bonchev–Trinajstić information content (AvgIpc) is 3.53. The number of benzene rings is 2. The Balaban J connectivity index is 1.25. The third-order valence-electron chi connectivity index (χ3n) is 6.38. The van der Waals surface area contributed by atoms with Gasteiger partial charge in [-0.2, -0.15) is 9.97 Å². The lowest BCUT2D eigenvalue weighted by Gasteiger charge is -2.16. The third kappa shape index (κ3) is 6.21. The molecule has 0 bridgehead atoms. The number of aromatic nitrogens is 4. The minimum Gasteiger partial charge on any atom is -0.497 e. The van der Waals surface area contributed by atoms with E-state index in [4.69, 9.17) is 25.8 Å². The fourth-order valence-electron chi connectivity index (χ4n) is 4.34. The molecule has 4 aromatic rings. The number of nitrogens with one attached hydrogen (secondary N) is 3. The maximum atomic E-state index is 12.3. The highest BCUT2D eigenvalue weighted by Crippen LogP contribution is 2.33. The Bertz CT molecular complexity index is 1570. The fourth-order valence-corrected chi connectivity index (χ4v) is 4.50. The molecule has 1 aliphatic heterocycles. The number of aliphatic hydroxyl groups is 2. The molecule has 2 aromatic carbocycles. The van der Waals surface area contributed by atoms with Gasteiger partial charge in [-0.05, 0) is 67.1 Å². The number of methoxy groups -OCH3 is 1. The van der Waals surface area contributed by atoms with E-state index in [1.165, 1.54) is 10.9 Å². The van der Waals surface area contributed by atoms with Crippen molar-refractivity contribution in [3.8, 4) is 11.5 Å². The molecular formula is C27H28ClN7O7. The number of anilines is 3. The summed E-state index contributed by atoms with van der Waals surface area (Å²) in [4.78, 5) is 37.3. The van der Waals surface area contributed by atoms with Gasteiger partial charge in [0.2, 0.25) is 5.28 Å². The van der Waals surface area contributed by atoms with E-state index >= 15 is 0 Å². The first-order valence-electron chi connectivity index (χ1n) is 12.9. The van der Waals surface area contributed by atoms with Crippen molar-refractivity contribution in [2.45, 2.75) is 31.5 Å². The summed E-state index contributed by atoms with van der Waals surface area (Å²) in [6, 6.07) is 13.7. The first-order chi connectivity index (χ1) is 20.3. The number of halogens is 1. The van der Waals surface area contributed by atoms with Gasteiger partial charge in [0.05, 0.1) is 13.4 Å². The molecule has 0 aliphatic carbocycles. The average molecular weight is 598 g/mol. The number of rotatable bonds is 10. The van der Waals surface area contributed by atoms with Gasteiger partial charge in [0, 0.05) is 17.9 Å². The molecule has 1 aliphatic rings. The van der Waals surface area contributed by atoms with Crippen LogP contribution in [0, 0.1) is 0 Å². The molecule has 0 spiro atoms. The maximum absolute atomic E-state index is 12.3. The Labute approximate surface area is 244 Å². The lowest BCUT2D eigenvalue weighted by molar-refractivity contribution is -0.137. The van der Waals surface area contributed by atoms with Crippen LogP contribution < -0.4 is 25.4 Å². The molecule has 0 radical (unpaired) electrons. The molecule has 4 atom stereocenters. The van der Waals surface area contributed by atoms with Crippen LogP contribution in [0.5, 0.6) is 11.5 Å². The monoisotopic (exact) mass is 597 g/mol. The molecule has 0 unspecified atom stereocenters. The van der Waals surface area contributed by atoms with Gasteiger partial charge in [0.25, 0.3) is 11.8 Å². The summed E-state index contributed by atoms with van der Waals surface area (Å²) in [6.07, 6.45) is -3.94. The van der Waals surface area contributed by atoms with Crippen LogP contribution in [0.3, 0.4) is 0 Å². The number of hydrogen-bond donors (Lipinski definition) is 5. The number of nitrogens with zero attached hydrogens (tertiary/aromatic N) is 4.